The molecule has 190 valence electrons. The summed E-state index contributed by atoms with van der Waals surface area (Å²) in [7, 11) is 1.59. The highest BCUT2D eigenvalue weighted by atomic mass is 16.5. The van der Waals surface area contributed by atoms with Gasteiger partial charge in [0.1, 0.15) is 35.6 Å². The van der Waals surface area contributed by atoms with Crippen LogP contribution in [-0.4, -0.2) is 60.4 Å². The highest BCUT2D eigenvalue weighted by Crippen LogP contribution is 2.32. The summed E-state index contributed by atoms with van der Waals surface area (Å²) in [6.45, 7) is 0.242. The van der Waals surface area contributed by atoms with Gasteiger partial charge in [-0.2, -0.15) is 5.26 Å². The number of nitrogens with one attached hydrogen (secondary N) is 1. The molecular formula is C28H22N4O6. The standard InChI is InChI=1S/C28H22N4O6/c1-32-24-12-18(8-10-28(35)16-36-17-28)4-7-25(24)37-15-23(27(32)34)31-26(33)22-13-21(9-11-30-22)38-20-5-2-19(14-29)3-6-20/h2-7,9,11-13,23,35H,15-17H2,1H3,(H,31,33)/t23-/m1/s1. The van der Waals surface area contributed by atoms with Crippen LogP contribution < -0.4 is 19.7 Å². The molecule has 0 spiro atoms. The fourth-order valence-electron chi connectivity index (χ4n) is 3.80. The Morgan fingerprint density at radius 2 is 1.92 bits per heavy atom. The van der Waals surface area contributed by atoms with Gasteiger partial charge in [-0.15, -0.1) is 0 Å². The van der Waals surface area contributed by atoms with Gasteiger partial charge in [-0.25, -0.2) is 0 Å². The van der Waals surface area contributed by atoms with Gasteiger partial charge in [0.2, 0.25) is 0 Å². The molecule has 38 heavy (non-hydrogen) atoms. The van der Waals surface area contributed by atoms with Gasteiger partial charge in [-0.1, -0.05) is 11.8 Å². The average molecular weight is 511 g/mol. The lowest BCUT2D eigenvalue weighted by Crippen LogP contribution is -2.49. The number of benzene rings is 2. The van der Waals surface area contributed by atoms with E-state index >= 15 is 0 Å². The van der Waals surface area contributed by atoms with E-state index in [0.717, 1.165) is 0 Å². The van der Waals surface area contributed by atoms with Gasteiger partial charge in [0.25, 0.3) is 11.8 Å². The molecular weight excluding hydrogens is 488 g/mol. The van der Waals surface area contributed by atoms with Crippen molar-refractivity contribution in [1.29, 1.82) is 5.26 Å². The van der Waals surface area contributed by atoms with Crippen molar-refractivity contribution in [3.05, 3.63) is 77.6 Å². The van der Waals surface area contributed by atoms with Crippen LogP contribution in [0.25, 0.3) is 0 Å². The zero-order valence-electron chi connectivity index (χ0n) is 20.3. The molecule has 2 aliphatic rings. The lowest BCUT2D eigenvalue weighted by Gasteiger charge is -2.30. The number of amides is 2. The smallest absolute Gasteiger partial charge is 0.270 e. The van der Waals surface area contributed by atoms with Crippen LogP contribution in [-0.2, 0) is 9.53 Å². The van der Waals surface area contributed by atoms with Crippen molar-refractivity contribution in [2.45, 2.75) is 11.6 Å². The molecule has 0 saturated carbocycles. The minimum Gasteiger partial charge on any atom is -0.489 e. The van der Waals surface area contributed by atoms with Gasteiger partial charge in [-0.05, 0) is 48.5 Å². The van der Waals surface area contributed by atoms with Crippen LogP contribution in [0.5, 0.6) is 17.2 Å². The quantitative estimate of drug-likeness (QED) is 0.509. The molecule has 1 fully saturated rings. The van der Waals surface area contributed by atoms with Gasteiger partial charge >= 0.3 is 0 Å². The highest BCUT2D eigenvalue weighted by Gasteiger charge is 2.34. The van der Waals surface area contributed by atoms with E-state index in [4.69, 9.17) is 19.5 Å². The summed E-state index contributed by atoms with van der Waals surface area (Å²) in [5.74, 6) is 6.07. The second-order valence-corrected chi connectivity index (χ2v) is 8.81. The number of nitriles is 1. The number of carbonyl (C=O) groups excluding carboxylic acids is 2. The summed E-state index contributed by atoms with van der Waals surface area (Å²) in [5.41, 5.74) is 0.493. The van der Waals surface area contributed by atoms with Gasteiger partial charge in [0, 0.05) is 24.9 Å². The number of anilines is 1. The molecule has 10 heteroatoms. The third-order valence-corrected chi connectivity index (χ3v) is 5.96. The van der Waals surface area contributed by atoms with E-state index in [0.29, 0.717) is 34.1 Å². The number of ether oxygens (including phenoxy) is 3. The minimum atomic E-state index is -1.15. The van der Waals surface area contributed by atoms with Crippen molar-refractivity contribution in [2.75, 3.05) is 31.8 Å². The van der Waals surface area contributed by atoms with E-state index in [2.05, 4.69) is 22.1 Å². The van der Waals surface area contributed by atoms with Crippen molar-refractivity contribution in [1.82, 2.24) is 10.3 Å². The number of hydrogen-bond donors (Lipinski definition) is 2. The second kappa shape index (κ2) is 10.2. The van der Waals surface area contributed by atoms with Crippen LogP contribution in [0.4, 0.5) is 5.69 Å². The second-order valence-electron chi connectivity index (χ2n) is 8.81. The maximum atomic E-state index is 13.2. The molecule has 0 unspecified atom stereocenters. The fourth-order valence-corrected chi connectivity index (χ4v) is 3.80. The molecule has 1 aromatic heterocycles. The monoisotopic (exact) mass is 510 g/mol. The Bertz CT molecular complexity index is 1500. The first-order valence-corrected chi connectivity index (χ1v) is 11.7. The zero-order valence-corrected chi connectivity index (χ0v) is 20.3. The van der Waals surface area contributed by atoms with Crippen molar-refractivity contribution >= 4 is 17.5 Å². The van der Waals surface area contributed by atoms with Gasteiger partial charge in [0.15, 0.2) is 5.60 Å². The third kappa shape index (κ3) is 5.27. The Hall–Kier alpha value is -4.90. The minimum absolute atomic E-state index is 0.0591. The molecule has 0 radical (unpaired) electrons. The maximum absolute atomic E-state index is 13.2. The zero-order chi connectivity index (χ0) is 26.7. The van der Waals surface area contributed by atoms with Crippen LogP contribution in [0, 0.1) is 23.2 Å². The molecule has 3 aromatic rings. The predicted octanol–water partition coefficient (Wildman–Crippen LogP) is 2.01. The number of fused-ring (bicyclic) bond motifs is 1. The van der Waals surface area contributed by atoms with Gasteiger partial charge < -0.3 is 29.5 Å². The fraction of sp³-hybridized carbons (Fsp3) is 0.214. The van der Waals surface area contributed by atoms with Crippen LogP contribution in [0.1, 0.15) is 21.6 Å². The Morgan fingerprint density at radius 3 is 2.63 bits per heavy atom. The molecule has 5 rings (SSSR count). The Kier molecular flexibility index (Phi) is 6.67. The molecule has 0 bridgehead atoms. The van der Waals surface area contributed by atoms with E-state index in [1.807, 2.05) is 6.07 Å². The number of nitrogens with zero attached hydrogens (tertiary/aromatic N) is 3. The number of likely N-dealkylation sites (N-methyl/N-ethyl adjacent to an activating group) is 1. The number of pyridine rings is 1. The van der Waals surface area contributed by atoms with E-state index in [1.54, 1.807) is 55.6 Å². The van der Waals surface area contributed by atoms with E-state index < -0.39 is 17.6 Å². The molecule has 2 N–H and O–H groups in total. The highest BCUT2D eigenvalue weighted by molar-refractivity contribution is 6.03. The molecule has 1 saturated heterocycles. The largest absolute Gasteiger partial charge is 0.489 e. The molecule has 10 nitrogen and oxygen atoms in total. The van der Waals surface area contributed by atoms with Crippen molar-refractivity contribution in [3.63, 3.8) is 0 Å². The number of hydrogen-bond acceptors (Lipinski definition) is 8. The van der Waals surface area contributed by atoms with Crippen LogP contribution in [0.3, 0.4) is 0 Å². The predicted molar refractivity (Wildman–Crippen MR) is 135 cm³/mol. The van der Waals surface area contributed by atoms with E-state index in [-0.39, 0.29) is 31.4 Å². The normalized spacial score (nSPS) is 17.3. The number of aromatic nitrogens is 1. The van der Waals surface area contributed by atoms with Gasteiger partial charge in [-0.3, -0.25) is 14.6 Å². The Labute approximate surface area is 218 Å². The lowest BCUT2D eigenvalue weighted by atomic mass is 10.0. The summed E-state index contributed by atoms with van der Waals surface area (Å²) in [4.78, 5) is 31.7. The molecule has 2 aromatic carbocycles. The van der Waals surface area contributed by atoms with Crippen LogP contribution in [0.15, 0.2) is 60.8 Å². The summed E-state index contributed by atoms with van der Waals surface area (Å²) in [6.07, 6.45) is 1.43. The summed E-state index contributed by atoms with van der Waals surface area (Å²) in [5, 5.41) is 21.7. The van der Waals surface area contributed by atoms with Crippen molar-refractivity contribution in [2.24, 2.45) is 0 Å². The lowest BCUT2D eigenvalue weighted by molar-refractivity contribution is -0.140. The SMILES string of the molecule is CN1C(=O)[C@H](NC(=O)c2cc(Oc3ccc(C#N)cc3)ccn2)COc2ccc(C#CC3(O)COC3)cc21. The first kappa shape index (κ1) is 24.8. The first-order valence-electron chi connectivity index (χ1n) is 11.7. The topological polar surface area (TPSA) is 134 Å². The maximum Gasteiger partial charge on any atom is 0.270 e. The summed E-state index contributed by atoms with van der Waals surface area (Å²) < 4.78 is 16.6. The average Bonchev–Trinajstić information content (AvgIpc) is 3.03. The molecule has 3 heterocycles. The molecule has 2 aliphatic heterocycles. The molecule has 1 atom stereocenters. The van der Waals surface area contributed by atoms with E-state index in [9.17, 15) is 14.7 Å². The number of rotatable bonds is 4. The summed E-state index contributed by atoms with van der Waals surface area (Å²) >= 11 is 0. The Balaban J connectivity index is 1.27. The Morgan fingerprint density at radius 1 is 1.16 bits per heavy atom. The number of carbonyl (C=O) groups is 2. The van der Waals surface area contributed by atoms with Crippen molar-refractivity contribution in [3.8, 4) is 35.2 Å². The van der Waals surface area contributed by atoms with Crippen molar-refractivity contribution < 1.29 is 28.9 Å². The molecule has 0 aliphatic carbocycles. The third-order valence-electron chi connectivity index (χ3n) is 5.96. The van der Waals surface area contributed by atoms with E-state index in [1.165, 1.54) is 17.2 Å². The summed E-state index contributed by atoms with van der Waals surface area (Å²) in [6, 6.07) is 15.8. The van der Waals surface area contributed by atoms with Crippen LogP contribution in [0.2, 0.25) is 0 Å². The van der Waals surface area contributed by atoms with Gasteiger partial charge in [0.05, 0.1) is 30.5 Å². The van der Waals surface area contributed by atoms with Crippen LogP contribution >= 0.6 is 0 Å². The molecule has 2 amide bonds. The first-order chi connectivity index (χ1) is 18.3. The number of aliphatic hydroxyl groups is 1.